The summed E-state index contributed by atoms with van der Waals surface area (Å²) in [6.45, 7) is 19.9. The fourth-order valence-corrected chi connectivity index (χ4v) is 13.1. The highest BCUT2D eigenvalue weighted by molar-refractivity contribution is 7.98. The summed E-state index contributed by atoms with van der Waals surface area (Å²) in [5.41, 5.74) is 12.1. The first-order chi connectivity index (χ1) is 33.3. The van der Waals surface area contributed by atoms with Crippen LogP contribution in [-0.2, 0) is 32.7 Å². The zero-order valence-electron chi connectivity index (χ0n) is 43.5. The quantitative estimate of drug-likeness (QED) is 0.0707. The molecule has 3 aliphatic carbocycles. The molecule has 0 unspecified atom stereocenters. The fourth-order valence-electron chi connectivity index (χ4n) is 11.6. The van der Waals surface area contributed by atoms with Gasteiger partial charge in [-0.05, 0) is 117 Å². The number of aliphatic hydroxyl groups is 1. The third-order valence-corrected chi connectivity index (χ3v) is 17.2. The van der Waals surface area contributed by atoms with Gasteiger partial charge in [-0.15, -0.1) is 5.54 Å². The predicted octanol–water partition coefficient (Wildman–Crippen LogP) is 14.8. The summed E-state index contributed by atoms with van der Waals surface area (Å²) >= 11 is 4.76. The molecule has 0 amide bonds. The van der Waals surface area contributed by atoms with Crippen LogP contribution in [-0.4, -0.2) is 82.2 Å². The molecule has 8 heterocycles. The van der Waals surface area contributed by atoms with Crippen molar-refractivity contribution in [3.8, 4) is 11.5 Å². The number of thioether (sulfide) groups is 3. The Kier molecular flexibility index (Phi) is 17.2. The molecule has 0 aromatic carbocycles. The van der Waals surface area contributed by atoms with Gasteiger partial charge < -0.3 is 28.3 Å². The van der Waals surface area contributed by atoms with Gasteiger partial charge in [0.05, 0.1) is 40.9 Å². The lowest BCUT2D eigenvalue weighted by molar-refractivity contribution is -0.0377. The van der Waals surface area contributed by atoms with Crippen molar-refractivity contribution in [3.63, 3.8) is 0 Å². The van der Waals surface area contributed by atoms with Gasteiger partial charge in [0.1, 0.15) is 41.8 Å². The van der Waals surface area contributed by atoms with Gasteiger partial charge in [-0.25, -0.2) is 29.9 Å². The van der Waals surface area contributed by atoms with E-state index in [-0.39, 0.29) is 27.5 Å². The lowest BCUT2D eigenvalue weighted by Crippen LogP contribution is -2.32. The number of hydrogen-bond donors (Lipinski definition) is 1. The van der Waals surface area contributed by atoms with E-state index in [1.807, 2.05) is 57.5 Å². The Bertz CT molecular complexity index is 2990. The normalized spacial score (nSPS) is 18.6. The molecule has 1 N–H and O–H groups in total. The second kappa shape index (κ2) is 22.2. The van der Waals surface area contributed by atoms with Crippen LogP contribution in [0.5, 0.6) is 0 Å². The van der Waals surface area contributed by atoms with Crippen LogP contribution in [0.4, 0.5) is 0 Å². The van der Waals surface area contributed by atoms with Crippen molar-refractivity contribution in [2.45, 2.75) is 210 Å². The van der Waals surface area contributed by atoms with Crippen LogP contribution in [0.1, 0.15) is 187 Å². The van der Waals surface area contributed by atoms with Gasteiger partial charge in [-0.2, -0.15) is 0 Å². The van der Waals surface area contributed by atoms with Crippen LogP contribution in [0.25, 0.3) is 39.2 Å². The van der Waals surface area contributed by atoms with E-state index in [0.29, 0.717) is 18.1 Å². The smallest absolute Gasteiger partial charge is 0.189 e. The summed E-state index contributed by atoms with van der Waals surface area (Å²) in [7, 11) is -1.55. The summed E-state index contributed by atoms with van der Waals surface area (Å²) in [6, 6.07) is 1.48. The molecule has 3 saturated carbocycles. The Hall–Kier alpha value is -3.85. The third kappa shape index (κ3) is 10.9. The maximum atomic E-state index is 11.0. The first kappa shape index (κ1) is 55.9. The van der Waals surface area contributed by atoms with Crippen molar-refractivity contribution in [2.75, 3.05) is 25.4 Å². The molecule has 0 atom stereocenters. The van der Waals surface area contributed by atoms with Crippen molar-refractivity contribution < 1.29 is 16.0 Å². The van der Waals surface area contributed by atoms with Crippen LogP contribution >= 0.6 is 35.3 Å². The summed E-state index contributed by atoms with van der Waals surface area (Å²) in [4.78, 5) is 28.0. The SMILES string of the molecule is C.C.CSc1ncc2c(C#C[Si](C)(C)C)c(C(C)(C)O)n(C3CCCC3)c2n1.CSc1ncc2c3c(n(C4CCCC4)c2n1)C(C)(C)OC=C3.CSc1ncc2c3c(n(C4CCCC4)c2n1)C(C)(C)OCC3.[2HH]. The van der Waals surface area contributed by atoms with Gasteiger partial charge in [0.2, 0.25) is 0 Å². The third-order valence-electron chi connectivity index (χ3n) is 14.6. The van der Waals surface area contributed by atoms with E-state index in [4.69, 9.17) is 24.4 Å². The molecule has 6 aromatic heterocycles. The van der Waals surface area contributed by atoms with Crippen LogP contribution in [0.3, 0.4) is 0 Å². The molecule has 5 aliphatic rings. The average molecular weight is 1060 g/mol. The number of nitrogens with zero attached hydrogens (tertiary/aromatic N) is 9. The van der Waals surface area contributed by atoms with E-state index in [0.717, 1.165) is 80.3 Å². The molecule has 0 radical (unpaired) electrons. The number of ether oxygens (including phenoxy) is 2. The average Bonchev–Trinajstić information content (AvgIpc) is 4.19. The molecule has 6 aromatic rings. The van der Waals surface area contributed by atoms with Gasteiger partial charge in [0, 0.05) is 54.5 Å². The molecule has 12 nitrogen and oxygen atoms in total. The molecular weight excluding hydrogens is 971 g/mol. The monoisotopic (exact) mass is 1050 g/mol. The summed E-state index contributed by atoms with van der Waals surface area (Å²) in [5, 5.41) is 16.8. The van der Waals surface area contributed by atoms with Crippen molar-refractivity contribution in [1.82, 2.24) is 43.6 Å². The Morgan fingerprint density at radius 2 is 1.11 bits per heavy atom. The van der Waals surface area contributed by atoms with Gasteiger partial charge in [0.25, 0.3) is 0 Å². The maximum absolute atomic E-state index is 11.0. The highest BCUT2D eigenvalue weighted by Gasteiger charge is 2.39. The van der Waals surface area contributed by atoms with Gasteiger partial charge in [0.15, 0.2) is 15.5 Å². The van der Waals surface area contributed by atoms with E-state index in [2.05, 4.69) is 93.5 Å². The van der Waals surface area contributed by atoms with E-state index in [1.165, 1.54) is 92.1 Å². The van der Waals surface area contributed by atoms with Crippen molar-refractivity contribution in [2.24, 2.45) is 0 Å². The lowest BCUT2D eigenvalue weighted by atomic mass is 9.94. The van der Waals surface area contributed by atoms with Gasteiger partial charge in [-0.1, -0.05) is 114 Å². The van der Waals surface area contributed by atoms with Gasteiger partial charge in [-0.3, -0.25) is 0 Å². The van der Waals surface area contributed by atoms with Crippen molar-refractivity contribution in [1.29, 1.82) is 0 Å². The minimum absolute atomic E-state index is 0. The molecule has 2 aliphatic heterocycles. The number of aromatic nitrogens is 9. The van der Waals surface area contributed by atoms with Crippen LogP contribution in [0.15, 0.2) is 40.3 Å². The minimum Gasteiger partial charge on any atom is -0.489 e. The van der Waals surface area contributed by atoms with Crippen LogP contribution in [0, 0.1) is 11.5 Å². The van der Waals surface area contributed by atoms with E-state index >= 15 is 0 Å². The maximum Gasteiger partial charge on any atom is 0.189 e. The lowest BCUT2D eigenvalue weighted by Gasteiger charge is -2.34. The summed E-state index contributed by atoms with van der Waals surface area (Å²) in [5.74, 6) is 3.43. The summed E-state index contributed by atoms with van der Waals surface area (Å²) < 4.78 is 19.2. The molecule has 16 heteroatoms. The van der Waals surface area contributed by atoms with Gasteiger partial charge >= 0.3 is 0 Å². The highest BCUT2D eigenvalue weighted by Crippen LogP contribution is 2.46. The van der Waals surface area contributed by atoms with Crippen molar-refractivity contribution >= 4 is 82.5 Å². The number of hydrogen-bond acceptors (Lipinski definition) is 12. The molecule has 11 rings (SSSR count). The van der Waals surface area contributed by atoms with Crippen LogP contribution in [0.2, 0.25) is 19.6 Å². The number of rotatable bonds is 7. The first-order valence-electron chi connectivity index (χ1n) is 25.4. The molecule has 72 heavy (non-hydrogen) atoms. The first-order valence-corrected chi connectivity index (χ1v) is 32.6. The Labute approximate surface area is 445 Å². The minimum atomic E-state index is -1.55. The van der Waals surface area contributed by atoms with E-state index in [1.54, 1.807) is 35.3 Å². The fraction of sp³-hybridized carbons (Fsp3) is 0.607. The second-order valence-electron chi connectivity index (χ2n) is 22.1. The molecule has 0 bridgehead atoms. The molecule has 0 spiro atoms. The zero-order chi connectivity index (χ0) is 49.8. The second-order valence-corrected chi connectivity index (χ2v) is 29.2. The topological polar surface area (TPSA) is 131 Å². The van der Waals surface area contributed by atoms with E-state index < -0.39 is 13.7 Å². The summed E-state index contributed by atoms with van der Waals surface area (Å²) in [6.07, 6.45) is 31.7. The molecule has 3 fully saturated rings. The molecule has 392 valence electrons. The number of fused-ring (bicyclic) bond motifs is 7. The Balaban J connectivity index is 0.000000176. The zero-order valence-corrected chi connectivity index (χ0v) is 47.0. The van der Waals surface area contributed by atoms with Crippen molar-refractivity contribution in [3.05, 3.63) is 58.6 Å². The predicted molar refractivity (Wildman–Crippen MR) is 307 cm³/mol. The highest BCUT2D eigenvalue weighted by atomic mass is 32.2. The Morgan fingerprint density at radius 3 is 1.60 bits per heavy atom. The Morgan fingerprint density at radius 1 is 0.667 bits per heavy atom. The standard InChI is InChI=1S/C20H29N3OSSi.C17H23N3OS.C17H21N3OS.2CH4.H2/c1-20(2,24)17-15(11-12-26(4,5)6)16-13-21-19(25-3)22-18(16)23(17)14-9-7-8-10-14;2*1-17(2)14-12(8-9-21-17)13-10-18-16(22-3)19-15(13)20(14)11-6-4-5-7-11;;;/h13-14,24H,7-10H2,1-6H3;10-11H,4-9H2,1-3H3;8-11H,4-7H2,1-3H3;2*1H4;1H/i;;;;;1+1. The molecular formula is C56H83N9O3S3Si. The largest absolute Gasteiger partial charge is 0.489 e. The van der Waals surface area contributed by atoms with Crippen LogP contribution < -0.4 is 0 Å². The van der Waals surface area contributed by atoms with E-state index in [9.17, 15) is 5.11 Å². The molecule has 0 saturated heterocycles.